The minimum Gasteiger partial charge on any atom is -0.497 e. The predicted octanol–water partition coefficient (Wildman–Crippen LogP) is 4.97. The largest absolute Gasteiger partial charge is 0.497 e. The number of benzene rings is 3. The average Bonchev–Trinajstić information content (AvgIpc) is 3.18. The molecule has 0 atom stereocenters. The van der Waals surface area contributed by atoms with Crippen LogP contribution in [-0.2, 0) is 6.54 Å². The van der Waals surface area contributed by atoms with Crippen LogP contribution < -0.4 is 14.2 Å². The molecule has 0 N–H and O–H groups in total. The van der Waals surface area contributed by atoms with Gasteiger partial charge in [0.1, 0.15) is 5.75 Å². The number of rotatable bonds is 3. The molecule has 0 saturated carbocycles. The summed E-state index contributed by atoms with van der Waals surface area (Å²) < 4.78 is 16.7. The van der Waals surface area contributed by atoms with Crippen molar-refractivity contribution >= 4 is 27.6 Å². The Labute approximate surface area is 158 Å². The van der Waals surface area contributed by atoms with E-state index in [0.29, 0.717) is 0 Å². The van der Waals surface area contributed by atoms with E-state index in [1.165, 1.54) is 51.2 Å². The van der Waals surface area contributed by atoms with Crippen molar-refractivity contribution in [2.24, 2.45) is 0 Å². The summed E-state index contributed by atoms with van der Waals surface area (Å²) in [5.74, 6) is 2.39. The molecule has 2 aliphatic heterocycles. The molecule has 1 saturated heterocycles. The Balaban J connectivity index is 1.93. The maximum atomic E-state index is 5.60. The second kappa shape index (κ2) is 6.08. The van der Waals surface area contributed by atoms with Gasteiger partial charge >= 0.3 is 0 Å². The third-order valence-electron chi connectivity index (χ3n) is 5.91. The van der Waals surface area contributed by atoms with E-state index in [2.05, 4.69) is 41.3 Å². The minimum absolute atomic E-state index is 0.752. The molecule has 0 aromatic heterocycles. The van der Waals surface area contributed by atoms with Crippen molar-refractivity contribution in [3.8, 4) is 17.2 Å². The molecule has 0 amide bonds. The van der Waals surface area contributed by atoms with Gasteiger partial charge in [-0.15, -0.1) is 0 Å². The number of hydrogen-bond acceptors (Lipinski definition) is 4. The maximum absolute atomic E-state index is 5.60. The lowest BCUT2D eigenvalue weighted by molar-refractivity contribution is 0.355. The molecular weight excluding hydrogens is 338 g/mol. The SMILES string of the molecule is COc1ccc2c3c(c4cc(OC)c(OC)cc4c2c1)CN1CCCC1=C3. The molecule has 2 heterocycles. The molecule has 3 aromatic carbocycles. The minimum atomic E-state index is 0.752. The summed E-state index contributed by atoms with van der Waals surface area (Å²) in [6.45, 7) is 2.09. The Bertz CT molecular complexity index is 1100. The van der Waals surface area contributed by atoms with E-state index in [9.17, 15) is 0 Å². The molecule has 2 aliphatic rings. The zero-order valence-corrected chi connectivity index (χ0v) is 16.0. The topological polar surface area (TPSA) is 30.9 Å². The fourth-order valence-corrected chi connectivity index (χ4v) is 4.56. The van der Waals surface area contributed by atoms with Crippen LogP contribution in [0.25, 0.3) is 27.6 Å². The molecule has 0 bridgehead atoms. The first-order valence-corrected chi connectivity index (χ1v) is 9.37. The Morgan fingerprint density at radius 1 is 0.815 bits per heavy atom. The highest BCUT2D eigenvalue weighted by Gasteiger charge is 2.26. The van der Waals surface area contributed by atoms with Crippen LogP contribution >= 0.6 is 0 Å². The van der Waals surface area contributed by atoms with Crippen molar-refractivity contribution in [2.45, 2.75) is 19.4 Å². The number of hydrogen-bond donors (Lipinski definition) is 0. The van der Waals surface area contributed by atoms with Crippen LogP contribution in [0.2, 0.25) is 0 Å². The van der Waals surface area contributed by atoms with Gasteiger partial charge in [0, 0.05) is 18.8 Å². The number of nitrogens with zero attached hydrogens (tertiary/aromatic N) is 1. The highest BCUT2D eigenvalue weighted by molar-refractivity contribution is 6.14. The summed E-state index contributed by atoms with van der Waals surface area (Å²) >= 11 is 0. The van der Waals surface area contributed by atoms with Crippen molar-refractivity contribution in [3.63, 3.8) is 0 Å². The van der Waals surface area contributed by atoms with Gasteiger partial charge < -0.3 is 19.1 Å². The summed E-state index contributed by atoms with van der Waals surface area (Å²) in [6, 6.07) is 10.6. The van der Waals surface area contributed by atoms with E-state index in [0.717, 1.165) is 30.3 Å². The zero-order chi connectivity index (χ0) is 18.5. The first kappa shape index (κ1) is 16.3. The van der Waals surface area contributed by atoms with Crippen LogP contribution in [0.3, 0.4) is 0 Å². The van der Waals surface area contributed by atoms with Gasteiger partial charge in [0.25, 0.3) is 0 Å². The molecule has 138 valence electrons. The molecular formula is C23H23NO3. The summed E-state index contributed by atoms with van der Waals surface area (Å²) in [5, 5.41) is 4.86. The lowest BCUT2D eigenvalue weighted by Gasteiger charge is -2.29. The molecule has 0 aliphatic carbocycles. The molecule has 4 heteroatoms. The van der Waals surface area contributed by atoms with Gasteiger partial charge in [0.05, 0.1) is 21.3 Å². The van der Waals surface area contributed by atoms with Crippen molar-refractivity contribution in [2.75, 3.05) is 27.9 Å². The van der Waals surface area contributed by atoms with Gasteiger partial charge in [-0.1, -0.05) is 6.07 Å². The van der Waals surface area contributed by atoms with Crippen LogP contribution in [0.5, 0.6) is 17.2 Å². The second-order valence-electron chi connectivity index (χ2n) is 7.22. The van der Waals surface area contributed by atoms with E-state index in [1.807, 2.05) is 0 Å². The predicted molar refractivity (Wildman–Crippen MR) is 109 cm³/mol. The Morgan fingerprint density at radius 3 is 2.30 bits per heavy atom. The number of methoxy groups -OCH3 is 3. The van der Waals surface area contributed by atoms with Crippen LogP contribution in [0.4, 0.5) is 0 Å². The number of fused-ring (bicyclic) bond motifs is 7. The van der Waals surface area contributed by atoms with Gasteiger partial charge in [-0.2, -0.15) is 0 Å². The smallest absolute Gasteiger partial charge is 0.161 e. The lowest BCUT2D eigenvalue weighted by atomic mass is 9.88. The van der Waals surface area contributed by atoms with Crippen molar-refractivity contribution in [1.29, 1.82) is 0 Å². The molecule has 3 aromatic rings. The third kappa shape index (κ3) is 2.36. The highest BCUT2D eigenvalue weighted by atomic mass is 16.5. The Kier molecular flexibility index (Phi) is 3.67. The molecule has 4 nitrogen and oxygen atoms in total. The van der Waals surface area contributed by atoms with Crippen molar-refractivity contribution in [1.82, 2.24) is 4.90 Å². The zero-order valence-electron chi connectivity index (χ0n) is 16.0. The molecule has 0 unspecified atom stereocenters. The Hall–Kier alpha value is -2.88. The fraction of sp³-hybridized carbons (Fsp3) is 0.304. The van der Waals surface area contributed by atoms with E-state index < -0.39 is 0 Å². The molecule has 1 fully saturated rings. The van der Waals surface area contributed by atoms with Gasteiger partial charge in [-0.25, -0.2) is 0 Å². The monoisotopic (exact) mass is 361 g/mol. The van der Waals surface area contributed by atoms with E-state index in [-0.39, 0.29) is 0 Å². The van der Waals surface area contributed by atoms with Crippen molar-refractivity contribution in [3.05, 3.63) is 47.2 Å². The average molecular weight is 361 g/mol. The quantitative estimate of drug-likeness (QED) is 0.617. The van der Waals surface area contributed by atoms with E-state index >= 15 is 0 Å². The summed E-state index contributed by atoms with van der Waals surface area (Å²) in [4.78, 5) is 2.51. The lowest BCUT2D eigenvalue weighted by Crippen LogP contribution is -2.21. The van der Waals surface area contributed by atoms with Crippen molar-refractivity contribution < 1.29 is 14.2 Å². The molecule has 0 radical (unpaired) electrons. The van der Waals surface area contributed by atoms with Gasteiger partial charge in [0.2, 0.25) is 0 Å². The fourth-order valence-electron chi connectivity index (χ4n) is 4.56. The summed E-state index contributed by atoms with van der Waals surface area (Å²) in [7, 11) is 5.09. The van der Waals surface area contributed by atoms with Gasteiger partial charge in [0.15, 0.2) is 11.5 Å². The third-order valence-corrected chi connectivity index (χ3v) is 5.91. The molecule has 27 heavy (non-hydrogen) atoms. The first-order valence-electron chi connectivity index (χ1n) is 9.37. The van der Waals surface area contributed by atoms with E-state index in [1.54, 1.807) is 21.3 Å². The van der Waals surface area contributed by atoms with Gasteiger partial charge in [-0.05, 0) is 75.9 Å². The maximum Gasteiger partial charge on any atom is 0.161 e. The van der Waals surface area contributed by atoms with Crippen LogP contribution in [0.15, 0.2) is 36.0 Å². The molecule has 0 spiro atoms. The second-order valence-corrected chi connectivity index (χ2v) is 7.22. The highest BCUT2D eigenvalue weighted by Crippen LogP contribution is 2.44. The molecule has 5 rings (SSSR count). The Morgan fingerprint density at radius 2 is 1.56 bits per heavy atom. The van der Waals surface area contributed by atoms with E-state index in [4.69, 9.17) is 14.2 Å². The first-order chi connectivity index (χ1) is 13.2. The standard InChI is InChI=1S/C23H23NO3/c1-25-15-6-7-16-17-9-14-5-4-8-24(14)13-21(17)20-12-23(27-3)22(26-2)11-19(20)18(16)10-15/h6-7,9-12H,4-5,8,13H2,1-3H3. The number of ether oxygens (including phenoxy) is 3. The van der Waals surface area contributed by atoms with Crippen LogP contribution in [0, 0.1) is 0 Å². The van der Waals surface area contributed by atoms with Crippen LogP contribution in [-0.4, -0.2) is 32.8 Å². The van der Waals surface area contributed by atoms with Gasteiger partial charge in [-0.3, -0.25) is 0 Å². The normalized spacial score (nSPS) is 15.5. The number of allylic oxidation sites excluding steroid dienone is 1. The van der Waals surface area contributed by atoms with Crippen LogP contribution in [0.1, 0.15) is 24.0 Å². The summed E-state index contributed by atoms with van der Waals surface area (Å²) in [5.41, 5.74) is 4.16. The summed E-state index contributed by atoms with van der Waals surface area (Å²) in [6.07, 6.45) is 4.79.